The van der Waals surface area contributed by atoms with Gasteiger partial charge in [0.25, 0.3) is 11.4 Å². The second-order valence-corrected chi connectivity index (χ2v) is 3.68. The highest BCUT2D eigenvalue weighted by molar-refractivity contribution is 6.04. The Morgan fingerprint density at radius 3 is 1.56 bits per heavy atom. The molecule has 0 aromatic heterocycles. The summed E-state index contributed by atoms with van der Waals surface area (Å²) in [6.45, 7) is 0. The first kappa shape index (κ1) is 11.6. The van der Waals surface area contributed by atoms with Crippen molar-refractivity contribution >= 4 is 33.5 Å². The molecule has 2 aromatic carbocycles. The zero-order chi connectivity index (χ0) is 13.4. The summed E-state index contributed by atoms with van der Waals surface area (Å²) < 4.78 is 0. The molecule has 2 rings (SSSR count). The summed E-state index contributed by atoms with van der Waals surface area (Å²) in [6, 6.07) is 4.75. The van der Waals surface area contributed by atoms with Gasteiger partial charge in [0, 0.05) is 41.0 Å². The van der Waals surface area contributed by atoms with Crippen molar-refractivity contribution in [3.05, 3.63) is 44.5 Å². The number of non-ortho nitro benzene ring substituents is 2. The SMILES string of the molecule is Nc1cc([N+](=O)[O-])cc2cc([N+](=O)[O-])cc(N)c12. The van der Waals surface area contributed by atoms with Gasteiger partial charge in [-0.25, -0.2) is 0 Å². The van der Waals surface area contributed by atoms with Crippen LogP contribution in [0.25, 0.3) is 10.8 Å². The fourth-order valence-electron chi connectivity index (χ4n) is 1.76. The van der Waals surface area contributed by atoms with Crippen LogP contribution in [0.5, 0.6) is 0 Å². The van der Waals surface area contributed by atoms with Crippen molar-refractivity contribution in [1.29, 1.82) is 0 Å². The number of nitrogens with two attached hydrogens (primary N) is 2. The fraction of sp³-hybridized carbons (Fsp3) is 0. The molecular weight excluding hydrogens is 240 g/mol. The number of nitrogen functional groups attached to an aromatic ring is 2. The molecule has 2 aromatic rings. The van der Waals surface area contributed by atoms with E-state index >= 15 is 0 Å². The summed E-state index contributed by atoms with van der Waals surface area (Å²) in [6.07, 6.45) is 0. The molecule has 18 heavy (non-hydrogen) atoms. The molecule has 0 saturated heterocycles. The maximum Gasteiger partial charge on any atom is 0.272 e. The Balaban J connectivity index is 2.84. The lowest BCUT2D eigenvalue weighted by Crippen LogP contribution is -1.98. The number of rotatable bonds is 2. The molecule has 0 aliphatic heterocycles. The average molecular weight is 248 g/mol. The number of hydrogen-bond acceptors (Lipinski definition) is 6. The van der Waals surface area contributed by atoms with E-state index < -0.39 is 9.85 Å². The van der Waals surface area contributed by atoms with E-state index in [4.69, 9.17) is 11.5 Å². The van der Waals surface area contributed by atoms with Crippen LogP contribution in [0.1, 0.15) is 0 Å². The van der Waals surface area contributed by atoms with E-state index in [9.17, 15) is 20.2 Å². The number of anilines is 2. The Morgan fingerprint density at radius 2 is 1.22 bits per heavy atom. The molecule has 4 N–H and O–H groups in total. The molecule has 8 heteroatoms. The first-order chi connectivity index (χ1) is 8.40. The lowest BCUT2D eigenvalue weighted by Gasteiger charge is -2.05. The Kier molecular flexibility index (Phi) is 2.47. The highest BCUT2D eigenvalue weighted by Crippen LogP contribution is 2.34. The van der Waals surface area contributed by atoms with Crippen LogP contribution in [0, 0.1) is 20.2 Å². The van der Waals surface area contributed by atoms with Crippen LogP contribution in [0.15, 0.2) is 24.3 Å². The van der Waals surface area contributed by atoms with Gasteiger partial charge in [-0.15, -0.1) is 0 Å². The van der Waals surface area contributed by atoms with Crippen molar-refractivity contribution in [2.45, 2.75) is 0 Å². The standard InChI is InChI=1S/C10H8N4O4/c11-8-3-6(13(15)16)1-5-2-7(14(17)18)4-9(12)10(5)8/h1-4H,11-12H2. The summed E-state index contributed by atoms with van der Waals surface area (Å²) in [4.78, 5) is 20.1. The Hall–Kier alpha value is -2.90. The Labute approximate surface area is 100 Å². The fourth-order valence-corrected chi connectivity index (χ4v) is 1.76. The number of benzene rings is 2. The van der Waals surface area contributed by atoms with Crippen molar-refractivity contribution < 1.29 is 9.85 Å². The Bertz CT molecular complexity index is 628. The third-order valence-corrected chi connectivity index (χ3v) is 2.50. The maximum absolute atomic E-state index is 10.7. The van der Waals surface area contributed by atoms with Gasteiger partial charge in [0.2, 0.25) is 0 Å². The molecule has 0 unspecified atom stereocenters. The predicted molar refractivity (Wildman–Crippen MR) is 66.1 cm³/mol. The van der Waals surface area contributed by atoms with E-state index in [1.165, 1.54) is 24.3 Å². The normalized spacial score (nSPS) is 10.4. The molecular formula is C10H8N4O4. The van der Waals surface area contributed by atoms with Gasteiger partial charge < -0.3 is 11.5 Å². The largest absolute Gasteiger partial charge is 0.398 e. The number of nitro groups is 2. The zero-order valence-corrected chi connectivity index (χ0v) is 8.99. The van der Waals surface area contributed by atoms with Crippen LogP contribution in [-0.2, 0) is 0 Å². The van der Waals surface area contributed by atoms with E-state index in [-0.39, 0.29) is 28.1 Å². The van der Waals surface area contributed by atoms with E-state index in [2.05, 4.69) is 0 Å². The summed E-state index contributed by atoms with van der Waals surface area (Å²) in [5.74, 6) is 0. The molecule has 0 amide bonds. The topological polar surface area (TPSA) is 138 Å². The highest BCUT2D eigenvalue weighted by atomic mass is 16.6. The summed E-state index contributed by atoms with van der Waals surface area (Å²) in [7, 11) is 0. The zero-order valence-electron chi connectivity index (χ0n) is 8.99. The van der Waals surface area contributed by atoms with Crippen LogP contribution >= 0.6 is 0 Å². The van der Waals surface area contributed by atoms with Crippen molar-refractivity contribution in [2.24, 2.45) is 0 Å². The van der Waals surface area contributed by atoms with E-state index in [0.29, 0.717) is 5.39 Å². The molecule has 0 atom stereocenters. The van der Waals surface area contributed by atoms with Crippen LogP contribution in [0.3, 0.4) is 0 Å². The number of hydrogen-bond donors (Lipinski definition) is 2. The maximum atomic E-state index is 10.7. The van der Waals surface area contributed by atoms with Gasteiger partial charge in [0.1, 0.15) is 0 Å². The molecule has 0 aliphatic rings. The quantitative estimate of drug-likeness (QED) is 0.472. The number of nitro benzene ring substituents is 2. The van der Waals surface area contributed by atoms with Crippen molar-refractivity contribution in [1.82, 2.24) is 0 Å². The molecule has 0 saturated carbocycles. The number of fused-ring (bicyclic) bond motifs is 1. The summed E-state index contributed by atoms with van der Waals surface area (Å²) in [5.41, 5.74) is 11.1. The lowest BCUT2D eigenvalue weighted by atomic mass is 10.1. The van der Waals surface area contributed by atoms with E-state index in [1.807, 2.05) is 0 Å². The lowest BCUT2D eigenvalue weighted by molar-refractivity contribution is -0.385. The van der Waals surface area contributed by atoms with Crippen molar-refractivity contribution in [2.75, 3.05) is 11.5 Å². The van der Waals surface area contributed by atoms with Crippen LogP contribution in [0.4, 0.5) is 22.7 Å². The molecule has 92 valence electrons. The molecule has 0 aliphatic carbocycles. The van der Waals surface area contributed by atoms with Gasteiger partial charge in [-0.3, -0.25) is 20.2 Å². The minimum absolute atomic E-state index is 0.117. The minimum Gasteiger partial charge on any atom is -0.398 e. The predicted octanol–water partition coefficient (Wildman–Crippen LogP) is 1.82. The van der Waals surface area contributed by atoms with Crippen LogP contribution < -0.4 is 11.5 Å². The van der Waals surface area contributed by atoms with E-state index in [0.717, 1.165) is 0 Å². The van der Waals surface area contributed by atoms with Gasteiger partial charge in [-0.1, -0.05) is 0 Å². The van der Waals surface area contributed by atoms with Gasteiger partial charge in [-0.2, -0.15) is 0 Å². The Morgan fingerprint density at radius 1 is 0.833 bits per heavy atom. The molecule has 0 fully saturated rings. The molecule has 0 heterocycles. The third-order valence-electron chi connectivity index (χ3n) is 2.50. The van der Waals surface area contributed by atoms with Crippen LogP contribution in [-0.4, -0.2) is 9.85 Å². The molecule has 0 radical (unpaired) electrons. The smallest absolute Gasteiger partial charge is 0.272 e. The molecule has 0 bridgehead atoms. The van der Waals surface area contributed by atoms with Gasteiger partial charge >= 0.3 is 0 Å². The van der Waals surface area contributed by atoms with Gasteiger partial charge in [0.05, 0.1) is 9.85 Å². The average Bonchev–Trinajstić information content (AvgIpc) is 2.27. The van der Waals surface area contributed by atoms with Crippen LogP contribution in [0.2, 0.25) is 0 Å². The van der Waals surface area contributed by atoms with Gasteiger partial charge in [-0.05, 0) is 5.39 Å². The van der Waals surface area contributed by atoms with Crippen molar-refractivity contribution in [3.63, 3.8) is 0 Å². The van der Waals surface area contributed by atoms with Gasteiger partial charge in [0.15, 0.2) is 0 Å². The molecule has 8 nitrogen and oxygen atoms in total. The number of nitrogens with zero attached hydrogens (tertiary/aromatic N) is 2. The monoisotopic (exact) mass is 248 g/mol. The first-order valence-electron chi connectivity index (χ1n) is 4.81. The minimum atomic E-state index is -0.620. The van der Waals surface area contributed by atoms with E-state index in [1.54, 1.807) is 0 Å². The molecule has 0 spiro atoms. The highest BCUT2D eigenvalue weighted by Gasteiger charge is 2.16. The second kappa shape index (κ2) is 3.84. The summed E-state index contributed by atoms with van der Waals surface area (Å²) >= 11 is 0. The van der Waals surface area contributed by atoms with Crippen molar-refractivity contribution in [3.8, 4) is 0 Å². The summed E-state index contributed by atoms with van der Waals surface area (Å²) in [5, 5.41) is 22.0. The second-order valence-electron chi connectivity index (χ2n) is 3.68. The first-order valence-corrected chi connectivity index (χ1v) is 4.81. The third kappa shape index (κ3) is 1.75.